The number of nitriles is 1. The molecule has 0 bridgehead atoms. The predicted molar refractivity (Wildman–Crippen MR) is 69.9 cm³/mol. The molecule has 2 aliphatic rings. The van der Waals surface area contributed by atoms with Crippen LogP contribution < -0.4 is 0 Å². The summed E-state index contributed by atoms with van der Waals surface area (Å²) >= 11 is 0. The summed E-state index contributed by atoms with van der Waals surface area (Å²) in [4.78, 5) is 0. The van der Waals surface area contributed by atoms with E-state index in [1.807, 2.05) is 6.92 Å². The van der Waals surface area contributed by atoms with Gasteiger partial charge in [-0.05, 0) is 38.5 Å². The van der Waals surface area contributed by atoms with Crippen LogP contribution in [0.3, 0.4) is 0 Å². The van der Waals surface area contributed by atoms with Crippen LogP contribution >= 0.6 is 0 Å². The maximum absolute atomic E-state index is 10.7. The molecule has 1 N–H and O–H groups in total. The first-order valence-corrected chi connectivity index (χ1v) is 7.34. The predicted octanol–water partition coefficient (Wildman–Crippen LogP) is 3.03. The molecular weight excluding hydrogens is 226 g/mol. The second kappa shape index (κ2) is 5.19. The molecule has 0 amide bonds. The van der Waals surface area contributed by atoms with E-state index in [-0.39, 0.29) is 6.10 Å². The van der Waals surface area contributed by atoms with Crippen molar-refractivity contribution in [1.82, 2.24) is 0 Å². The summed E-state index contributed by atoms with van der Waals surface area (Å²) in [6.45, 7) is 4.88. The van der Waals surface area contributed by atoms with Crippen molar-refractivity contribution in [3.05, 3.63) is 0 Å². The lowest BCUT2D eigenvalue weighted by atomic mass is 9.54. The Kier molecular flexibility index (Phi) is 3.99. The zero-order valence-corrected chi connectivity index (χ0v) is 11.6. The van der Waals surface area contributed by atoms with Crippen LogP contribution in [0.2, 0.25) is 0 Å². The highest BCUT2D eigenvalue weighted by molar-refractivity contribution is 5.18. The van der Waals surface area contributed by atoms with Gasteiger partial charge in [0, 0.05) is 19.4 Å². The first-order valence-electron chi connectivity index (χ1n) is 7.34. The number of ether oxygens (including phenoxy) is 1. The third-order valence-corrected chi connectivity index (χ3v) is 5.17. The number of rotatable bonds is 4. The van der Waals surface area contributed by atoms with Crippen molar-refractivity contribution >= 4 is 0 Å². The second-order valence-corrected chi connectivity index (χ2v) is 6.06. The largest absolute Gasteiger partial charge is 0.388 e. The van der Waals surface area contributed by atoms with Gasteiger partial charge in [0.1, 0.15) is 0 Å². The van der Waals surface area contributed by atoms with Crippen LogP contribution in [-0.4, -0.2) is 23.4 Å². The Bertz CT molecular complexity index is 320. The Morgan fingerprint density at radius 2 is 1.89 bits per heavy atom. The first-order chi connectivity index (χ1) is 8.59. The highest BCUT2D eigenvalue weighted by Crippen LogP contribution is 2.55. The fourth-order valence-corrected chi connectivity index (χ4v) is 3.70. The fraction of sp³-hybridized carbons (Fsp3) is 0.933. The molecule has 0 heterocycles. The molecule has 0 aromatic carbocycles. The van der Waals surface area contributed by atoms with Gasteiger partial charge >= 0.3 is 0 Å². The van der Waals surface area contributed by atoms with E-state index in [0.717, 1.165) is 31.6 Å². The van der Waals surface area contributed by atoms with Crippen LogP contribution in [0.5, 0.6) is 0 Å². The van der Waals surface area contributed by atoms with Gasteiger partial charge in [0.05, 0.1) is 23.2 Å². The Morgan fingerprint density at radius 1 is 1.28 bits per heavy atom. The molecule has 102 valence electrons. The average Bonchev–Trinajstić information content (AvgIpc) is 2.37. The fourth-order valence-electron chi connectivity index (χ4n) is 3.70. The van der Waals surface area contributed by atoms with Gasteiger partial charge in [0.25, 0.3) is 0 Å². The summed E-state index contributed by atoms with van der Waals surface area (Å²) in [6.07, 6.45) is 6.54. The molecule has 0 saturated heterocycles. The molecule has 0 aromatic heterocycles. The summed E-state index contributed by atoms with van der Waals surface area (Å²) in [5, 5.41) is 20.3. The van der Waals surface area contributed by atoms with E-state index in [0.29, 0.717) is 19.4 Å². The molecule has 2 saturated carbocycles. The van der Waals surface area contributed by atoms with E-state index in [2.05, 4.69) is 13.0 Å². The molecule has 0 radical (unpaired) electrons. The first kappa shape index (κ1) is 13.8. The van der Waals surface area contributed by atoms with E-state index < -0.39 is 11.0 Å². The average molecular weight is 251 g/mol. The van der Waals surface area contributed by atoms with Crippen molar-refractivity contribution in [2.24, 2.45) is 11.3 Å². The molecule has 0 aliphatic heterocycles. The number of aliphatic hydroxyl groups is 1. The summed E-state index contributed by atoms with van der Waals surface area (Å²) in [6, 6.07) is 2.46. The maximum Gasteiger partial charge on any atom is 0.0882 e. The van der Waals surface area contributed by atoms with Gasteiger partial charge in [-0.25, -0.2) is 0 Å². The molecule has 0 unspecified atom stereocenters. The van der Waals surface area contributed by atoms with E-state index in [9.17, 15) is 10.4 Å². The van der Waals surface area contributed by atoms with Gasteiger partial charge in [0.2, 0.25) is 0 Å². The van der Waals surface area contributed by atoms with Crippen molar-refractivity contribution in [2.75, 3.05) is 6.61 Å². The van der Waals surface area contributed by atoms with Crippen molar-refractivity contribution < 1.29 is 9.84 Å². The third kappa shape index (κ3) is 2.17. The zero-order valence-electron chi connectivity index (χ0n) is 11.6. The Morgan fingerprint density at radius 3 is 2.33 bits per heavy atom. The van der Waals surface area contributed by atoms with Crippen LogP contribution in [0.15, 0.2) is 0 Å². The minimum atomic E-state index is -0.791. The van der Waals surface area contributed by atoms with Crippen LogP contribution in [0, 0.1) is 22.7 Å². The monoisotopic (exact) mass is 251 g/mol. The normalized spacial score (nSPS) is 44.1. The molecule has 18 heavy (non-hydrogen) atoms. The molecule has 0 spiro atoms. The Labute approximate surface area is 110 Å². The van der Waals surface area contributed by atoms with Gasteiger partial charge in [-0.1, -0.05) is 13.3 Å². The lowest BCUT2D eigenvalue weighted by molar-refractivity contribution is -0.195. The van der Waals surface area contributed by atoms with Crippen LogP contribution in [0.4, 0.5) is 0 Å². The summed E-state index contributed by atoms with van der Waals surface area (Å²) < 4.78 is 5.53. The van der Waals surface area contributed by atoms with E-state index in [1.54, 1.807) is 0 Å². The molecule has 2 fully saturated rings. The molecule has 3 heteroatoms. The number of hydrogen-bond acceptors (Lipinski definition) is 3. The molecular formula is C15H25NO2. The Balaban J connectivity index is 2.00. The molecule has 2 rings (SSSR count). The maximum atomic E-state index is 10.7. The molecule has 3 nitrogen and oxygen atoms in total. The van der Waals surface area contributed by atoms with Crippen LogP contribution in [0.25, 0.3) is 0 Å². The topological polar surface area (TPSA) is 53.2 Å². The smallest absolute Gasteiger partial charge is 0.0882 e. The lowest BCUT2D eigenvalue weighted by Gasteiger charge is -2.54. The van der Waals surface area contributed by atoms with Crippen molar-refractivity contribution in [3.63, 3.8) is 0 Å². The van der Waals surface area contributed by atoms with Gasteiger partial charge < -0.3 is 9.84 Å². The summed E-state index contributed by atoms with van der Waals surface area (Å²) in [5.74, 6) is 0.748. The van der Waals surface area contributed by atoms with Gasteiger partial charge in [-0.3, -0.25) is 0 Å². The zero-order chi connectivity index (χ0) is 13.2. The van der Waals surface area contributed by atoms with E-state index in [1.165, 1.54) is 6.42 Å². The minimum absolute atomic E-state index is 0.161. The SMILES string of the molecule is CCOC1CC(O)(C2(C#N)CCC(CC)CC2)C1. The third-order valence-electron chi connectivity index (χ3n) is 5.17. The minimum Gasteiger partial charge on any atom is -0.388 e. The van der Waals surface area contributed by atoms with Crippen LogP contribution in [-0.2, 0) is 4.74 Å². The summed E-state index contributed by atoms with van der Waals surface area (Å²) in [7, 11) is 0. The van der Waals surface area contributed by atoms with Gasteiger partial charge in [0.15, 0.2) is 0 Å². The number of hydrogen-bond donors (Lipinski definition) is 1. The Hall–Kier alpha value is -0.590. The van der Waals surface area contributed by atoms with E-state index >= 15 is 0 Å². The lowest BCUT2D eigenvalue weighted by Crippen LogP contribution is -2.60. The standard InChI is InChI=1S/C15H25NO2/c1-3-12-5-7-14(11-16,8-6-12)15(17)9-13(10-15)18-4-2/h12-13,17H,3-10H2,1-2H3. The van der Waals surface area contributed by atoms with Crippen LogP contribution in [0.1, 0.15) is 58.8 Å². The molecule has 0 aromatic rings. The molecule has 2 aliphatic carbocycles. The van der Waals surface area contributed by atoms with Crippen molar-refractivity contribution in [1.29, 1.82) is 5.26 Å². The van der Waals surface area contributed by atoms with Gasteiger partial charge in [-0.2, -0.15) is 5.26 Å². The van der Waals surface area contributed by atoms with Crippen molar-refractivity contribution in [3.8, 4) is 6.07 Å². The van der Waals surface area contributed by atoms with Crippen molar-refractivity contribution in [2.45, 2.75) is 70.5 Å². The quantitative estimate of drug-likeness (QED) is 0.835. The van der Waals surface area contributed by atoms with Gasteiger partial charge in [-0.15, -0.1) is 0 Å². The second-order valence-electron chi connectivity index (χ2n) is 6.06. The summed E-state index contributed by atoms with van der Waals surface area (Å²) in [5.41, 5.74) is -1.30. The number of nitrogens with zero attached hydrogens (tertiary/aromatic N) is 1. The van der Waals surface area contributed by atoms with E-state index in [4.69, 9.17) is 4.74 Å². The highest BCUT2D eigenvalue weighted by Gasteiger charge is 2.59. The molecule has 0 atom stereocenters. The highest BCUT2D eigenvalue weighted by atomic mass is 16.5.